The summed E-state index contributed by atoms with van der Waals surface area (Å²) in [6.07, 6.45) is 1.87. The van der Waals surface area contributed by atoms with E-state index in [-0.39, 0.29) is 11.5 Å². The van der Waals surface area contributed by atoms with Gasteiger partial charge >= 0.3 is 6.09 Å². The minimum atomic E-state index is -1.29. The SMILES string of the molecule is CN(CC1CCN(C(=O)O)CC1)c1cc(Nc2cc(F)cc(F)c2F)ncn1. The fourth-order valence-electron chi connectivity index (χ4n) is 3.20. The predicted octanol–water partition coefficient (Wildman–Crippen LogP) is 3.46. The van der Waals surface area contributed by atoms with E-state index in [0.717, 1.165) is 18.9 Å². The Labute approximate surface area is 159 Å². The maximum Gasteiger partial charge on any atom is 0.407 e. The van der Waals surface area contributed by atoms with Gasteiger partial charge in [-0.05, 0) is 18.8 Å². The third kappa shape index (κ3) is 4.62. The number of likely N-dealkylation sites (tertiary alicyclic amines) is 1. The normalized spacial score (nSPS) is 14.8. The fourth-order valence-corrected chi connectivity index (χ4v) is 3.20. The van der Waals surface area contributed by atoms with Crippen LogP contribution < -0.4 is 10.2 Å². The number of rotatable bonds is 5. The lowest BCUT2D eigenvalue weighted by molar-refractivity contribution is 0.125. The molecule has 1 aromatic heterocycles. The van der Waals surface area contributed by atoms with Crippen LogP contribution in [0.4, 0.5) is 35.3 Å². The highest BCUT2D eigenvalue weighted by molar-refractivity contribution is 5.65. The van der Waals surface area contributed by atoms with E-state index in [1.165, 1.54) is 11.2 Å². The van der Waals surface area contributed by atoms with E-state index >= 15 is 0 Å². The molecule has 0 saturated carbocycles. The summed E-state index contributed by atoms with van der Waals surface area (Å²) < 4.78 is 40.5. The highest BCUT2D eigenvalue weighted by atomic mass is 19.2. The van der Waals surface area contributed by atoms with E-state index < -0.39 is 23.5 Å². The quantitative estimate of drug-likeness (QED) is 0.755. The van der Waals surface area contributed by atoms with Crippen LogP contribution in [-0.2, 0) is 0 Å². The van der Waals surface area contributed by atoms with Gasteiger partial charge in [0.05, 0.1) is 5.69 Å². The molecule has 10 heteroatoms. The zero-order valence-corrected chi connectivity index (χ0v) is 15.2. The van der Waals surface area contributed by atoms with Crippen LogP contribution in [-0.4, -0.2) is 52.7 Å². The average Bonchev–Trinajstić information content (AvgIpc) is 2.66. The Balaban J connectivity index is 1.65. The molecule has 3 rings (SSSR count). The minimum absolute atomic E-state index is 0.196. The Morgan fingerprint density at radius 1 is 1.25 bits per heavy atom. The molecule has 2 aromatic rings. The molecule has 1 aliphatic heterocycles. The van der Waals surface area contributed by atoms with Gasteiger partial charge in [0, 0.05) is 44.9 Å². The molecule has 0 bridgehead atoms. The highest BCUT2D eigenvalue weighted by Gasteiger charge is 2.23. The summed E-state index contributed by atoms with van der Waals surface area (Å²) in [5.74, 6) is -2.33. The molecule has 1 fully saturated rings. The molecule has 1 amide bonds. The third-order valence-electron chi connectivity index (χ3n) is 4.72. The van der Waals surface area contributed by atoms with E-state index in [9.17, 15) is 18.0 Å². The average molecular weight is 395 g/mol. The predicted molar refractivity (Wildman–Crippen MR) is 97.2 cm³/mol. The molecule has 1 aromatic carbocycles. The number of benzene rings is 1. The second-order valence-electron chi connectivity index (χ2n) is 6.73. The van der Waals surface area contributed by atoms with Gasteiger partial charge in [-0.25, -0.2) is 27.9 Å². The zero-order chi connectivity index (χ0) is 20.3. The molecule has 2 N–H and O–H groups in total. The second kappa shape index (κ2) is 8.32. The molecule has 28 heavy (non-hydrogen) atoms. The van der Waals surface area contributed by atoms with Gasteiger partial charge in [0.15, 0.2) is 11.6 Å². The van der Waals surface area contributed by atoms with Gasteiger partial charge in [-0.1, -0.05) is 0 Å². The van der Waals surface area contributed by atoms with Crippen LogP contribution in [0.1, 0.15) is 12.8 Å². The Morgan fingerprint density at radius 2 is 1.96 bits per heavy atom. The van der Waals surface area contributed by atoms with Crippen molar-refractivity contribution in [2.45, 2.75) is 12.8 Å². The number of carbonyl (C=O) groups is 1. The van der Waals surface area contributed by atoms with E-state index in [1.807, 2.05) is 11.9 Å². The number of amides is 1. The van der Waals surface area contributed by atoms with Gasteiger partial charge in [0.25, 0.3) is 0 Å². The summed E-state index contributed by atoms with van der Waals surface area (Å²) in [6.45, 7) is 1.65. The first kappa shape index (κ1) is 19.7. The highest BCUT2D eigenvalue weighted by Crippen LogP contribution is 2.25. The van der Waals surface area contributed by atoms with Crippen LogP contribution in [0.5, 0.6) is 0 Å². The summed E-state index contributed by atoms with van der Waals surface area (Å²) in [5, 5.41) is 11.6. The first-order chi connectivity index (χ1) is 13.3. The standard InChI is InChI=1S/C18H20F3N5O2/c1-25(9-11-2-4-26(5-3-11)18(27)28)16-8-15(22-10-23-16)24-14-7-12(19)6-13(20)17(14)21/h6-8,10-11H,2-5,9H2,1H3,(H,27,28)(H,22,23,24). The monoisotopic (exact) mass is 395 g/mol. The maximum absolute atomic E-state index is 13.8. The Bertz CT molecular complexity index is 859. The fraction of sp³-hybridized carbons (Fsp3) is 0.389. The number of halogens is 3. The Hall–Kier alpha value is -3.04. The number of aromatic nitrogens is 2. The number of hydrogen-bond acceptors (Lipinski definition) is 5. The van der Waals surface area contributed by atoms with Crippen molar-refractivity contribution in [3.05, 3.63) is 42.0 Å². The molecule has 150 valence electrons. The summed E-state index contributed by atoms with van der Waals surface area (Å²) in [5.41, 5.74) is -0.356. The molecule has 2 heterocycles. The number of carboxylic acid groups (broad SMARTS) is 1. The summed E-state index contributed by atoms with van der Waals surface area (Å²) in [6, 6.07) is 2.87. The van der Waals surface area contributed by atoms with Crippen molar-refractivity contribution in [3.8, 4) is 0 Å². The van der Waals surface area contributed by atoms with Gasteiger partial charge in [-0.3, -0.25) is 0 Å². The van der Waals surface area contributed by atoms with Crippen molar-refractivity contribution < 1.29 is 23.1 Å². The van der Waals surface area contributed by atoms with E-state index in [4.69, 9.17) is 5.11 Å². The number of anilines is 3. The van der Waals surface area contributed by atoms with Gasteiger partial charge in [0.1, 0.15) is 23.8 Å². The second-order valence-corrected chi connectivity index (χ2v) is 6.73. The summed E-state index contributed by atoms with van der Waals surface area (Å²) in [7, 11) is 1.83. The molecule has 1 saturated heterocycles. The molecular formula is C18H20F3N5O2. The van der Waals surface area contributed by atoms with Crippen LogP contribution in [0, 0.1) is 23.4 Å². The molecule has 0 aliphatic carbocycles. The minimum Gasteiger partial charge on any atom is -0.465 e. The number of nitrogens with zero attached hydrogens (tertiary/aromatic N) is 4. The lowest BCUT2D eigenvalue weighted by Gasteiger charge is -2.32. The van der Waals surface area contributed by atoms with Crippen molar-refractivity contribution in [2.24, 2.45) is 5.92 Å². The van der Waals surface area contributed by atoms with E-state index in [0.29, 0.717) is 37.4 Å². The molecular weight excluding hydrogens is 375 g/mol. The number of hydrogen-bond donors (Lipinski definition) is 2. The molecule has 0 radical (unpaired) electrons. The van der Waals surface area contributed by atoms with Crippen molar-refractivity contribution in [2.75, 3.05) is 36.9 Å². The van der Waals surface area contributed by atoms with Crippen molar-refractivity contribution in [3.63, 3.8) is 0 Å². The number of piperidine rings is 1. The van der Waals surface area contributed by atoms with Crippen LogP contribution in [0.2, 0.25) is 0 Å². The van der Waals surface area contributed by atoms with Gasteiger partial charge in [0.2, 0.25) is 0 Å². The molecule has 0 spiro atoms. The van der Waals surface area contributed by atoms with Crippen LogP contribution in [0.25, 0.3) is 0 Å². The number of nitrogens with one attached hydrogen (secondary N) is 1. The van der Waals surface area contributed by atoms with Gasteiger partial charge in [-0.2, -0.15) is 0 Å². The van der Waals surface area contributed by atoms with Crippen molar-refractivity contribution in [1.82, 2.24) is 14.9 Å². The smallest absolute Gasteiger partial charge is 0.407 e. The lowest BCUT2D eigenvalue weighted by atomic mass is 9.96. The zero-order valence-electron chi connectivity index (χ0n) is 15.2. The van der Waals surface area contributed by atoms with Gasteiger partial charge in [-0.15, -0.1) is 0 Å². The van der Waals surface area contributed by atoms with Crippen LogP contribution in [0.15, 0.2) is 24.5 Å². The van der Waals surface area contributed by atoms with E-state index in [1.54, 1.807) is 6.07 Å². The van der Waals surface area contributed by atoms with E-state index in [2.05, 4.69) is 15.3 Å². The van der Waals surface area contributed by atoms with Gasteiger partial charge < -0.3 is 20.2 Å². The molecule has 7 nitrogen and oxygen atoms in total. The first-order valence-electron chi connectivity index (χ1n) is 8.76. The lowest BCUT2D eigenvalue weighted by Crippen LogP contribution is -2.40. The topological polar surface area (TPSA) is 81.6 Å². The summed E-state index contributed by atoms with van der Waals surface area (Å²) >= 11 is 0. The largest absolute Gasteiger partial charge is 0.465 e. The molecule has 1 aliphatic rings. The summed E-state index contributed by atoms with van der Waals surface area (Å²) in [4.78, 5) is 22.4. The first-order valence-corrected chi connectivity index (χ1v) is 8.76. The van der Waals surface area contributed by atoms with Crippen molar-refractivity contribution >= 4 is 23.4 Å². The maximum atomic E-state index is 13.8. The molecule has 0 unspecified atom stereocenters. The third-order valence-corrected chi connectivity index (χ3v) is 4.72. The molecule has 0 atom stereocenters. The Kier molecular flexibility index (Phi) is 5.86. The Morgan fingerprint density at radius 3 is 2.64 bits per heavy atom. The van der Waals surface area contributed by atoms with Crippen molar-refractivity contribution in [1.29, 1.82) is 0 Å². The van der Waals surface area contributed by atoms with Crippen LogP contribution in [0.3, 0.4) is 0 Å². The van der Waals surface area contributed by atoms with Crippen LogP contribution >= 0.6 is 0 Å².